The minimum atomic E-state index is -0.381. The fourth-order valence-electron chi connectivity index (χ4n) is 1.60. The van der Waals surface area contributed by atoms with Crippen LogP contribution in [0, 0.1) is 5.82 Å². The van der Waals surface area contributed by atoms with Gasteiger partial charge in [0.05, 0.1) is 11.5 Å². The van der Waals surface area contributed by atoms with Crippen molar-refractivity contribution in [2.45, 2.75) is 19.4 Å². The molecule has 0 radical (unpaired) electrons. The molecule has 1 unspecified atom stereocenters. The van der Waals surface area contributed by atoms with Gasteiger partial charge < -0.3 is 11.1 Å². The van der Waals surface area contributed by atoms with Crippen LogP contribution < -0.4 is 11.1 Å². The Labute approximate surface area is 117 Å². The van der Waals surface area contributed by atoms with Crippen LogP contribution in [0.2, 0.25) is 0 Å². The summed E-state index contributed by atoms with van der Waals surface area (Å²) in [5.41, 5.74) is 5.91. The Morgan fingerprint density at radius 2 is 2.26 bits per heavy atom. The van der Waals surface area contributed by atoms with Gasteiger partial charge in [-0.25, -0.2) is 4.39 Å². The first-order valence-corrected chi connectivity index (χ1v) is 6.33. The van der Waals surface area contributed by atoms with E-state index in [1.165, 1.54) is 12.1 Å². The molecule has 0 spiro atoms. The van der Waals surface area contributed by atoms with Crippen LogP contribution in [0.25, 0.3) is 0 Å². The molecule has 1 atom stereocenters. The smallest absolute Gasteiger partial charge is 0.238 e. The van der Waals surface area contributed by atoms with Gasteiger partial charge in [-0.15, -0.1) is 0 Å². The Kier molecular flexibility index (Phi) is 5.85. The van der Waals surface area contributed by atoms with Crippen molar-refractivity contribution >= 4 is 28.8 Å². The third-order valence-electron chi connectivity index (χ3n) is 2.75. The topological polar surface area (TPSA) is 58.4 Å². The van der Waals surface area contributed by atoms with Gasteiger partial charge in [0.25, 0.3) is 0 Å². The quantitative estimate of drug-likeness (QED) is 0.781. The highest BCUT2D eigenvalue weighted by Gasteiger charge is 2.14. The number of nitrogens with two attached hydrogens (primary N) is 1. The van der Waals surface area contributed by atoms with Crippen molar-refractivity contribution in [3.8, 4) is 0 Å². The number of hydrogen-bond acceptors (Lipinski definition) is 3. The molecule has 1 amide bonds. The van der Waals surface area contributed by atoms with E-state index >= 15 is 0 Å². The van der Waals surface area contributed by atoms with Gasteiger partial charge in [0.15, 0.2) is 0 Å². The Bertz CT molecular complexity index is 467. The fourth-order valence-corrected chi connectivity index (χ4v) is 1.84. The van der Waals surface area contributed by atoms with Crippen molar-refractivity contribution in [3.63, 3.8) is 0 Å². The number of carbonyl (C=O) groups is 1. The number of likely N-dealkylation sites (N-methyl/N-ethyl adjacent to an activating group) is 1. The highest BCUT2D eigenvalue weighted by atomic mass is 32.1. The number of nitrogens with zero attached hydrogens (tertiary/aromatic N) is 1. The second-order valence-corrected chi connectivity index (χ2v) is 5.02. The van der Waals surface area contributed by atoms with Crippen LogP contribution >= 0.6 is 12.2 Å². The molecule has 0 aliphatic carbocycles. The molecule has 6 heteroatoms. The van der Waals surface area contributed by atoms with Crippen molar-refractivity contribution in [1.82, 2.24) is 4.90 Å². The highest BCUT2D eigenvalue weighted by Crippen LogP contribution is 2.09. The Hall–Kier alpha value is -1.53. The number of amides is 1. The Morgan fingerprint density at radius 3 is 2.84 bits per heavy atom. The van der Waals surface area contributed by atoms with Crippen LogP contribution in [0.15, 0.2) is 24.3 Å². The van der Waals surface area contributed by atoms with E-state index < -0.39 is 0 Å². The molecule has 0 aromatic heterocycles. The molecule has 0 aliphatic rings. The molecule has 0 saturated carbocycles. The summed E-state index contributed by atoms with van der Waals surface area (Å²) >= 11 is 4.83. The molecular formula is C13H18FN3OS. The summed E-state index contributed by atoms with van der Waals surface area (Å²) in [6.45, 7) is 2.13. The lowest BCUT2D eigenvalue weighted by atomic mass is 10.2. The number of benzene rings is 1. The number of halogens is 1. The van der Waals surface area contributed by atoms with Crippen LogP contribution in [0.4, 0.5) is 10.1 Å². The second kappa shape index (κ2) is 7.16. The molecule has 19 heavy (non-hydrogen) atoms. The predicted molar refractivity (Wildman–Crippen MR) is 78.5 cm³/mol. The molecule has 0 bridgehead atoms. The van der Waals surface area contributed by atoms with Gasteiger partial charge in [0, 0.05) is 18.2 Å². The summed E-state index contributed by atoms with van der Waals surface area (Å²) in [4.78, 5) is 14.0. The second-order valence-electron chi connectivity index (χ2n) is 4.49. The van der Waals surface area contributed by atoms with Gasteiger partial charge in [-0.05, 0) is 32.2 Å². The number of rotatable bonds is 6. The minimum absolute atomic E-state index is 0.0794. The third kappa shape index (κ3) is 5.76. The van der Waals surface area contributed by atoms with Crippen LogP contribution in [-0.2, 0) is 4.79 Å². The van der Waals surface area contributed by atoms with Crippen molar-refractivity contribution in [2.75, 3.05) is 18.9 Å². The van der Waals surface area contributed by atoms with Crippen molar-refractivity contribution < 1.29 is 9.18 Å². The first kappa shape index (κ1) is 15.5. The van der Waals surface area contributed by atoms with Gasteiger partial charge in [-0.2, -0.15) is 0 Å². The van der Waals surface area contributed by atoms with Gasteiger partial charge in [0.1, 0.15) is 5.82 Å². The lowest BCUT2D eigenvalue weighted by molar-refractivity contribution is -0.117. The SMILES string of the molecule is CC(CC(N)=S)N(C)CC(=O)Nc1cccc(F)c1. The maximum atomic E-state index is 13.0. The zero-order valence-corrected chi connectivity index (χ0v) is 11.8. The lowest BCUT2D eigenvalue weighted by Gasteiger charge is -2.23. The van der Waals surface area contributed by atoms with Crippen LogP contribution in [0.1, 0.15) is 13.3 Å². The monoisotopic (exact) mass is 283 g/mol. The highest BCUT2D eigenvalue weighted by molar-refractivity contribution is 7.80. The number of thiocarbonyl (C=S) groups is 1. The first-order chi connectivity index (χ1) is 8.88. The average molecular weight is 283 g/mol. The van der Waals surface area contributed by atoms with E-state index in [1.54, 1.807) is 12.1 Å². The maximum absolute atomic E-state index is 13.0. The Morgan fingerprint density at radius 1 is 1.58 bits per heavy atom. The maximum Gasteiger partial charge on any atom is 0.238 e. The minimum Gasteiger partial charge on any atom is -0.393 e. The summed E-state index contributed by atoms with van der Waals surface area (Å²) < 4.78 is 13.0. The normalized spacial score (nSPS) is 12.2. The number of anilines is 1. The van der Waals surface area contributed by atoms with Crippen molar-refractivity contribution in [3.05, 3.63) is 30.1 Å². The summed E-state index contributed by atoms with van der Waals surface area (Å²) in [5.74, 6) is -0.587. The van der Waals surface area contributed by atoms with Crippen LogP contribution in [0.3, 0.4) is 0 Å². The molecule has 0 fully saturated rings. The molecule has 104 valence electrons. The van der Waals surface area contributed by atoms with Crippen molar-refractivity contribution in [1.29, 1.82) is 0 Å². The zero-order valence-electron chi connectivity index (χ0n) is 11.0. The van der Waals surface area contributed by atoms with Crippen molar-refractivity contribution in [2.24, 2.45) is 5.73 Å². The summed E-state index contributed by atoms with van der Waals surface area (Å²) in [6, 6.07) is 5.86. The predicted octanol–water partition coefficient (Wildman–Crippen LogP) is 1.76. The van der Waals surface area contributed by atoms with E-state index in [-0.39, 0.29) is 24.3 Å². The molecule has 0 heterocycles. The molecular weight excluding hydrogens is 265 g/mol. The Balaban J connectivity index is 2.49. The zero-order chi connectivity index (χ0) is 14.4. The van der Waals surface area contributed by atoms with E-state index in [9.17, 15) is 9.18 Å². The number of carbonyl (C=O) groups excluding carboxylic acids is 1. The molecule has 4 nitrogen and oxygen atoms in total. The van der Waals surface area contributed by atoms with Gasteiger partial charge in [-0.3, -0.25) is 9.69 Å². The summed E-state index contributed by atoms with van der Waals surface area (Å²) in [5, 5.41) is 2.64. The molecule has 3 N–H and O–H groups in total. The first-order valence-electron chi connectivity index (χ1n) is 5.92. The van der Waals surface area contributed by atoms with Gasteiger partial charge in [-0.1, -0.05) is 18.3 Å². The average Bonchev–Trinajstić information content (AvgIpc) is 2.27. The summed E-state index contributed by atoms with van der Waals surface area (Å²) in [7, 11) is 1.81. The van der Waals surface area contributed by atoms with E-state index in [1.807, 2.05) is 18.9 Å². The molecule has 0 aliphatic heterocycles. The molecule has 0 saturated heterocycles. The lowest BCUT2D eigenvalue weighted by Crippen LogP contribution is -2.38. The van der Waals surface area contributed by atoms with Crippen LogP contribution in [-0.4, -0.2) is 35.4 Å². The largest absolute Gasteiger partial charge is 0.393 e. The fraction of sp³-hybridized carbons (Fsp3) is 0.385. The van der Waals surface area contributed by atoms with E-state index in [4.69, 9.17) is 18.0 Å². The molecule has 1 rings (SSSR count). The third-order valence-corrected chi connectivity index (χ3v) is 2.92. The van der Waals surface area contributed by atoms with Gasteiger partial charge in [0.2, 0.25) is 5.91 Å². The molecule has 1 aromatic rings. The van der Waals surface area contributed by atoms with E-state index in [0.29, 0.717) is 17.1 Å². The number of hydrogen-bond donors (Lipinski definition) is 2. The van der Waals surface area contributed by atoms with Gasteiger partial charge >= 0.3 is 0 Å². The standard InChI is InChI=1S/C13H18FN3OS/c1-9(6-12(15)19)17(2)8-13(18)16-11-5-3-4-10(14)7-11/h3-5,7,9H,6,8H2,1-2H3,(H2,15,19)(H,16,18). The van der Waals surface area contributed by atoms with E-state index in [0.717, 1.165) is 0 Å². The number of nitrogens with one attached hydrogen (secondary N) is 1. The van der Waals surface area contributed by atoms with E-state index in [2.05, 4.69) is 5.32 Å². The molecule has 1 aromatic carbocycles. The summed E-state index contributed by atoms with van der Waals surface area (Å²) in [6.07, 6.45) is 0.555. The van der Waals surface area contributed by atoms with Crippen LogP contribution in [0.5, 0.6) is 0 Å².